The Morgan fingerprint density at radius 1 is 1.47 bits per heavy atom. The van der Waals surface area contributed by atoms with Gasteiger partial charge in [0.1, 0.15) is 0 Å². The van der Waals surface area contributed by atoms with Crippen LogP contribution in [-0.2, 0) is 0 Å². The molecule has 0 aliphatic carbocycles. The van der Waals surface area contributed by atoms with Crippen molar-refractivity contribution in [2.45, 2.75) is 19.4 Å². The molecule has 1 aromatic rings. The second-order valence-corrected chi connectivity index (χ2v) is 5.23. The molecule has 3 heteroatoms. The van der Waals surface area contributed by atoms with Crippen molar-refractivity contribution in [3.8, 4) is 0 Å². The van der Waals surface area contributed by atoms with Crippen LogP contribution in [0.5, 0.6) is 0 Å². The zero-order chi connectivity index (χ0) is 10.8. The molecule has 1 aliphatic heterocycles. The number of rotatable bonds is 2. The lowest BCUT2D eigenvalue weighted by Crippen LogP contribution is -2.23. The Hall–Kier alpha value is -0.540. The van der Waals surface area contributed by atoms with Crippen molar-refractivity contribution >= 4 is 21.6 Å². The van der Waals surface area contributed by atoms with Gasteiger partial charge in [0.25, 0.3) is 0 Å². The van der Waals surface area contributed by atoms with Gasteiger partial charge in [-0.2, -0.15) is 0 Å². The number of hydrogen-bond acceptors (Lipinski definition) is 2. The molecule has 1 atom stereocenters. The van der Waals surface area contributed by atoms with Gasteiger partial charge in [-0.3, -0.25) is 0 Å². The number of halogens is 1. The monoisotopic (exact) mass is 268 g/mol. The quantitative estimate of drug-likeness (QED) is 0.888. The molecule has 0 radical (unpaired) electrons. The highest BCUT2D eigenvalue weighted by Gasteiger charge is 2.19. The van der Waals surface area contributed by atoms with Gasteiger partial charge in [-0.25, -0.2) is 0 Å². The standard InChI is InChI=1S/C12H17BrN2/c1-9-3-4-11(13)12(7-9)14-10-5-6-15(2)8-10/h3-4,7,10,14H,5-6,8H2,1-2H3. The molecule has 0 saturated carbocycles. The minimum atomic E-state index is 0.591. The van der Waals surface area contributed by atoms with E-state index in [0.29, 0.717) is 6.04 Å². The molecule has 0 amide bonds. The lowest BCUT2D eigenvalue weighted by atomic mass is 10.2. The lowest BCUT2D eigenvalue weighted by molar-refractivity contribution is 0.414. The van der Waals surface area contributed by atoms with Crippen LogP contribution >= 0.6 is 15.9 Å². The van der Waals surface area contributed by atoms with Crippen LogP contribution in [0.1, 0.15) is 12.0 Å². The number of aryl methyl sites for hydroxylation is 1. The van der Waals surface area contributed by atoms with Gasteiger partial charge < -0.3 is 10.2 Å². The Kier molecular flexibility index (Phi) is 3.32. The van der Waals surface area contributed by atoms with Crippen LogP contribution in [-0.4, -0.2) is 31.1 Å². The Labute approximate surface area is 99.8 Å². The van der Waals surface area contributed by atoms with E-state index >= 15 is 0 Å². The van der Waals surface area contributed by atoms with Crippen LogP contribution in [0.25, 0.3) is 0 Å². The van der Waals surface area contributed by atoms with E-state index in [9.17, 15) is 0 Å². The summed E-state index contributed by atoms with van der Waals surface area (Å²) in [6.07, 6.45) is 1.23. The Bertz CT molecular complexity index is 351. The van der Waals surface area contributed by atoms with Crippen molar-refractivity contribution in [2.75, 3.05) is 25.5 Å². The summed E-state index contributed by atoms with van der Waals surface area (Å²) < 4.78 is 1.16. The number of likely N-dealkylation sites (N-methyl/N-ethyl adjacent to an activating group) is 1. The van der Waals surface area contributed by atoms with Gasteiger partial charge in [0.2, 0.25) is 0 Å². The fourth-order valence-corrected chi connectivity index (χ4v) is 2.38. The summed E-state index contributed by atoms with van der Waals surface area (Å²) in [6, 6.07) is 7.02. The van der Waals surface area contributed by atoms with Crippen molar-refractivity contribution in [1.82, 2.24) is 4.90 Å². The summed E-state index contributed by atoms with van der Waals surface area (Å²) in [6.45, 7) is 4.46. The van der Waals surface area contributed by atoms with Gasteiger partial charge in [-0.15, -0.1) is 0 Å². The fraction of sp³-hybridized carbons (Fsp3) is 0.500. The number of nitrogens with zero attached hydrogens (tertiary/aromatic N) is 1. The maximum Gasteiger partial charge on any atom is 0.0489 e. The average molecular weight is 269 g/mol. The van der Waals surface area contributed by atoms with E-state index in [0.717, 1.165) is 11.0 Å². The first-order valence-corrected chi connectivity index (χ1v) is 6.15. The van der Waals surface area contributed by atoms with Crippen molar-refractivity contribution in [3.05, 3.63) is 28.2 Å². The maximum absolute atomic E-state index is 3.59. The molecule has 1 aromatic carbocycles. The van der Waals surface area contributed by atoms with Gasteiger partial charge in [0.05, 0.1) is 0 Å². The molecule has 15 heavy (non-hydrogen) atoms. The first-order valence-electron chi connectivity index (χ1n) is 5.36. The van der Waals surface area contributed by atoms with Crippen LogP contribution < -0.4 is 5.32 Å². The lowest BCUT2D eigenvalue weighted by Gasteiger charge is -2.16. The largest absolute Gasteiger partial charge is 0.380 e. The maximum atomic E-state index is 3.59. The number of likely N-dealkylation sites (tertiary alicyclic amines) is 1. The van der Waals surface area contributed by atoms with Crippen LogP contribution in [0.4, 0.5) is 5.69 Å². The van der Waals surface area contributed by atoms with Crippen molar-refractivity contribution < 1.29 is 0 Å². The van der Waals surface area contributed by atoms with E-state index in [1.165, 1.54) is 24.2 Å². The SMILES string of the molecule is Cc1ccc(Br)c(NC2CCN(C)C2)c1. The van der Waals surface area contributed by atoms with Crippen molar-refractivity contribution in [2.24, 2.45) is 0 Å². The predicted molar refractivity (Wildman–Crippen MR) is 68.4 cm³/mol. The Morgan fingerprint density at radius 3 is 2.93 bits per heavy atom. The summed E-state index contributed by atoms with van der Waals surface area (Å²) in [4.78, 5) is 2.36. The molecule has 1 fully saturated rings. The number of anilines is 1. The van der Waals surface area contributed by atoms with Gasteiger partial charge in [0.15, 0.2) is 0 Å². The molecule has 0 aromatic heterocycles. The van der Waals surface area contributed by atoms with Crippen molar-refractivity contribution in [3.63, 3.8) is 0 Å². The molecule has 82 valence electrons. The van der Waals surface area contributed by atoms with E-state index < -0.39 is 0 Å². The van der Waals surface area contributed by atoms with Gasteiger partial charge >= 0.3 is 0 Å². The van der Waals surface area contributed by atoms with Crippen molar-refractivity contribution in [1.29, 1.82) is 0 Å². The highest BCUT2D eigenvalue weighted by Crippen LogP contribution is 2.25. The third-order valence-electron chi connectivity index (χ3n) is 2.87. The summed E-state index contributed by atoms with van der Waals surface area (Å²) >= 11 is 3.58. The average Bonchev–Trinajstić information content (AvgIpc) is 2.58. The molecule has 1 unspecified atom stereocenters. The zero-order valence-electron chi connectivity index (χ0n) is 9.26. The molecule has 1 aliphatic rings. The second-order valence-electron chi connectivity index (χ2n) is 4.38. The van der Waals surface area contributed by atoms with E-state index in [2.05, 4.69) is 58.3 Å². The van der Waals surface area contributed by atoms with E-state index in [4.69, 9.17) is 0 Å². The summed E-state index contributed by atoms with van der Waals surface area (Å²) in [7, 11) is 2.17. The van der Waals surface area contributed by atoms with Crippen LogP contribution in [0.3, 0.4) is 0 Å². The molecule has 1 heterocycles. The molecule has 2 rings (SSSR count). The van der Waals surface area contributed by atoms with Gasteiger partial charge in [0, 0.05) is 22.7 Å². The predicted octanol–water partition coefficient (Wildman–Crippen LogP) is 2.87. The molecular formula is C12H17BrN2. The van der Waals surface area contributed by atoms with E-state index in [-0.39, 0.29) is 0 Å². The zero-order valence-corrected chi connectivity index (χ0v) is 10.8. The Balaban J connectivity index is 2.07. The first-order chi connectivity index (χ1) is 7.15. The summed E-state index contributed by atoms with van der Waals surface area (Å²) in [5.41, 5.74) is 2.52. The topological polar surface area (TPSA) is 15.3 Å². The minimum absolute atomic E-state index is 0.591. The van der Waals surface area contributed by atoms with Gasteiger partial charge in [-0.05, 0) is 60.6 Å². The third-order valence-corrected chi connectivity index (χ3v) is 3.56. The molecular weight excluding hydrogens is 252 g/mol. The van der Waals surface area contributed by atoms with Crippen LogP contribution in [0.15, 0.2) is 22.7 Å². The number of nitrogens with one attached hydrogen (secondary N) is 1. The Morgan fingerprint density at radius 2 is 2.27 bits per heavy atom. The van der Waals surface area contributed by atoms with E-state index in [1.54, 1.807) is 0 Å². The fourth-order valence-electron chi connectivity index (χ4n) is 2.02. The molecule has 1 N–H and O–H groups in total. The molecule has 1 saturated heterocycles. The minimum Gasteiger partial charge on any atom is -0.380 e. The van der Waals surface area contributed by atoms with Gasteiger partial charge in [-0.1, -0.05) is 6.07 Å². The number of hydrogen-bond donors (Lipinski definition) is 1. The summed E-state index contributed by atoms with van der Waals surface area (Å²) in [5, 5.41) is 3.59. The third kappa shape index (κ3) is 2.73. The molecule has 2 nitrogen and oxygen atoms in total. The smallest absolute Gasteiger partial charge is 0.0489 e. The summed E-state index contributed by atoms with van der Waals surface area (Å²) in [5.74, 6) is 0. The molecule has 0 spiro atoms. The highest BCUT2D eigenvalue weighted by molar-refractivity contribution is 9.10. The van der Waals surface area contributed by atoms with E-state index in [1.807, 2.05) is 0 Å². The highest BCUT2D eigenvalue weighted by atomic mass is 79.9. The molecule has 0 bridgehead atoms. The van der Waals surface area contributed by atoms with Crippen LogP contribution in [0, 0.1) is 6.92 Å². The normalized spacial score (nSPS) is 21.9. The second kappa shape index (κ2) is 4.54. The number of benzene rings is 1. The van der Waals surface area contributed by atoms with Crippen LogP contribution in [0.2, 0.25) is 0 Å². The first kappa shape index (κ1) is 11.0.